The maximum Gasteiger partial charge on any atom is 0.195 e. The Bertz CT molecular complexity index is 243. The fourth-order valence-electron chi connectivity index (χ4n) is 1.10. The van der Waals surface area contributed by atoms with Gasteiger partial charge in [-0.2, -0.15) is 0 Å². The average molecular weight is 182 g/mol. The molecular formula is C10H18N2O. The van der Waals surface area contributed by atoms with E-state index in [1.807, 2.05) is 6.92 Å². The smallest absolute Gasteiger partial charge is 0.195 e. The van der Waals surface area contributed by atoms with E-state index in [1.54, 1.807) is 6.20 Å². The summed E-state index contributed by atoms with van der Waals surface area (Å²) in [6, 6.07) is 0. The van der Waals surface area contributed by atoms with Crippen LogP contribution in [0.3, 0.4) is 0 Å². The SMILES string of the molecule is Cc1cnc(CCNCC(C)C)o1. The van der Waals surface area contributed by atoms with Crippen LogP contribution in [-0.4, -0.2) is 18.1 Å². The third-order valence-corrected chi connectivity index (χ3v) is 1.74. The Balaban J connectivity index is 2.13. The van der Waals surface area contributed by atoms with Gasteiger partial charge in [-0.1, -0.05) is 13.8 Å². The molecule has 3 nitrogen and oxygen atoms in total. The van der Waals surface area contributed by atoms with Crippen LogP contribution in [0.15, 0.2) is 10.6 Å². The molecule has 74 valence electrons. The summed E-state index contributed by atoms with van der Waals surface area (Å²) in [5.74, 6) is 2.42. The summed E-state index contributed by atoms with van der Waals surface area (Å²) in [5, 5.41) is 3.34. The molecule has 0 radical (unpaired) electrons. The van der Waals surface area contributed by atoms with Crippen molar-refractivity contribution >= 4 is 0 Å². The van der Waals surface area contributed by atoms with Crippen LogP contribution in [0.25, 0.3) is 0 Å². The fraction of sp³-hybridized carbons (Fsp3) is 0.700. The van der Waals surface area contributed by atoms with Crippen LogP contribution in [0.4, 0.5) is 0 Å². The Morgan fingerprint density at radius 2 is 2.31 bits per heavy atom. The van der Waals surface area contributed by atoms with Crippen molar-refractivity contribution in [2.75, 3.05) is 13.1 Å². The Morgan fingerprint density at radius 1 is 1.54 bits per heavy atom. The lowest BCUT2D eigenvalue weighted by Crippen LogP contribution is -2.22. The van der Waals surface area contributed by atoms with Gasteiger partial charge >= 0.3 is 0 Å². The zero-order valence-corrected chi connectivity index (χ0v) is 8.63. The van der Waals surface area contributed by atoms with E-state index in [4.69, 9.17) is 4.42 Å². The van der Waals surface area contributed by atoms with E-state index in [9.17, 15) is 0 Å². The first-order chi connectivity index (χ1) is 6.18. The molecule has 0 unspecified atom stereocenters. The monoisotopic (exact) mass is 182 g/mol. The lowest BCUT2D eigenvalue weighted by atomic mass is 10.2. The van der Waals surface area contributed by atoms with Crippen molar-refractivity contribution in [1.82, 2.24) is 10.3 Å². The molecule has 1 aromatic heterocycles. The molecular weight excluding hydrogens is 164 g/mol. The predicted molar refractivity (Wildman–Crippen MR) is 52.7 cm³/mol. The van der Waals surface area contributed by atoms with Crippen molar-refractivity contribution in [1.29, 1.82) is 0 Å². The molecule has 1 rings (SSSR count). The summed E-state index contributed by atoms with van der Waals surface area (Å²) in [6.45, 7) is 8.31. The van der Waals surface area contributed by atoms with Crippen LogP contribution < -0.4 is 5.32 Å². The number of aromatic nitrogens is 1. The van der Waals surface area contributed by atoms with E-state index in [0.717, 1.165) is 31.2 Å². The van der Waals surface area contributed by atoms with Crippen LogP contribution in [0.5, 0.6) is 0 Å². The maximum atomic E-state index is 5.34. The number of hydrogen-bond donors (Lipinski definition) is 1. The Labute approximate surface area is 79.5 Å². The van der Waals surface area contributed by atoms with E-state index < -0.39 is 0 Å². The summed E-state index contributed by atoms with van der Waals surface area (Å²) in [6.07, 6.45) is 2.64. The van der Waals surface area contributed by atoms with Gasteiger partial charge in [-0.15, -0.1) is 0 Å². The molecule has 0 aliphatic carbocycles. The minimum Gasteiger partial charge on any atom is -0.446 e. The molecule has 3 heteroatoms. The molecule has 0 aromatic carbocycles. The minimum atomic E-state index is 0.700. The third kappa shape index (κ3) is 4.08. The molecule has 0 fully saturated rings. The topological polar surface area (TPSA) is 38.1 Å². The number of hydrogen-bond acceptors (Lipinski definition) is 3. The average Bonchev–Trinajstić information content (AvgIpc) is 2.45. The molecule has 13 heavy (non-hydrogen) atoms. The highest BCUT2D eigenvalue weighted by molar-refractivity contribution is 4.90. The van der Waals surface area contributed by atoms with Gasteiger partial charge in [0.25, 0.3) is 0 Å². The van der Waals surface area contributed by atoms with Gasteiger partial charge in [0.2, 0.25) is 0 Å². The summed E-state index contributed by atoms with van der Waals surface area (Å²) in [5.41, 5.74) is 0. The van der Waals surface area contributed by atoms with Crippen LogP contribution in [0.2, 0.25) is 0 Å². The zero-order valence-electron chi connectivity index (χ0n) is 8.63. The summed E-state index contributed by atoms with van der Waals surface area (Å²) in [4.78, 5) is 4.13. The molecule has 0 saturated heterocycles. The number of nitrogens with one attached hydrogen (secondary N) is 1. The lowest BCUT2D eigenvalue weighted by Gasteiger charge is -2.04. The van der Waals surface area contributed by atoms with Crippen molar-refractivity contribution < 1.29 is 4.42 Å². The molecule has 0 aliphatic rings. The molecule has 1 N–H and O–H groups in total. The van der Waals surface area contributed by atoms with Gasteiger partial charge in [0.1, 0.15) is 5.76 Å². The highest BCUT2D eigenvalue weighted by atomic mass is 16.3. The second-order valence-electron chi connectivity index (χ2n) is 3.71. The van der Waals surface area contributed by atoms with Crippen LogP contribution in [-0.2, 0) is 6.42 Å². The zero-order chi connectivity index (χ0) is 9.68. The largest absolute Gasteiger partial charge is 0.446 e. The Morgan fingerprint density at radius 3 is 2.85 bits per heavy atom. The highest BCUT2D eigenvalue weighted by Gasteiger charge is 1.99. The first kappa shape index (κ1) is 10.3. The van der Waals surface area contributed by atoms with Gasteiger partial charge in [-0.25, -0.2) is 4.98 Å². The van der Waals surface area contributed by atoms with Crippen LogP contribution >= 0.6 is 0 Å². The van der Waals surface area contributed by atoms with E-state index in [-0.39, 0.29) is 0 Å². The molecule has 0 atom stereocenters. The normalized spacial score (nSPS) is 11.1. The van der Waals surface area contributed by atoms with Gasteiger partial charge in [-0.05, 0) is 19.4 Å². The van der Waals surface area contributed by atoms with Crippen LogP contribution in [0, 0.1) is 12.8 Å². The van der Waals surface area contributed by atoms with Crippen molar-refractivity contribution in [2.24, 2.45) is 5.92 Å². The highest BCUT2D eigenvalue weighted by Crippen LogP contribution is 2.01. The standard InChI is InChI=1S/C10H18N2O/c1-8(2)6-11-5-4-10-12-7-9(3)13-10/h7-8,11H,4-6H2,1-3H3. The van der Waals surface area contributed by atoms with Gasteiger partial charge in [-0.3, -0.25) is 0 Å². The van der Waals surface area contributed by atoms with Crippen molar-refractivity contribution in [3.05, 3.63) is 17.8 Å². The summed E-state index contributed by atoms with van der Waals surface area (Å²) >= 11 is 0. The minimum absolute atomic E-state index is 0.700. The maximum absolute atomic E-state index is 5.34. The third-order valence-electron chi connectivity index (χ3n) is 1.74. The number of nitrogens with zero attached hydrogens (tertiary/aromatic N) is 1. The fourth-order valence-corrected chi connectivity index (χ4v) is 1.10. The summed E-state index contributed by atoms with van der Waals surface area (Å²) in [7, 11) is 0. The van der Waals surface area contributed by atoms with Gasteiger partial charge in [0, 0.05) is 13.0 Å². The van der Waals surface area contributed by atoms with Gasteiger partial charge in [0.15, 0.2) is 5.89 Å². The van der Waals surface area contributed by atoms with Gasteiger partial charge < -0.3 is 9.73 Å². The van der Waals surface area contributed by atoms with Gasteiger partial charge in [0.05, 0.1) is 6.20 Å². The molecule has 0 spiro atoms. The molecule has 0 bridgehead atoms. The van der Waals surface area contributed by atoms with E-state index >= 15 is 0 Å². The Hall–Kier alpha value is -0.830. The van der Waals surface area contributed by atoms with Crippen molar-refractivity contribution in [3.63, 3.8) is 0 Å². The molecule has 0 amide bonds. The number of oxazole rings is 1. The summed E-state index contributed by atoms with van der Waals surface area (Å²) < 4.78 is 5.34. The number of aryl methyl sites for hydroxylation is 1. The molecule has 1 aromatic rings. The first-order valence-corrected chi connectivity index (χ1v) is 4.80. The number of rotatable bonds is 5. The lowest BCUT2D eigenvalue weighted by molar-refractivity contribution is 0.457. The van der Waals surface area contributed by atoms with E-state index in [2.05, 4.69) is 24.1 Å². The predicted octanol–water partition coefficient (Wildman–Crippen LogP) is 1.77. The van der Waals surface area contributed by atoms with E-state index in [1.165, 1.54) is 0 Å². The molecule has 0 aliphatic heterocycles. The van der Waals surface area contributed by atoms with Crippen LogP contribution in [0.1, 0.15) is 25.5 Å². The second-order valence-corrected chi connectivity index (χ2v) is 3.71. The first-order valence-electron chi connectivity index (χ1n) is 4.80. The molecule has 0 saturated carbocycles. The second kappa shape index (κ2) is 5.02. The Kier molecular flexibility index (Phi) is 3.96. The van der Waals surface area contributed by atoms with Crippen molar-refractivity contribution in [2.45, 2.75) is 27.2 Å². The molecule has 1 heterocycles. The van der Waals surface area contributed by atoms with E-state index in [0.29, 0.717) is 5.92 Å². The van der Waals surface area contributed by atoms with Crippen molar-refractivity contribution in [3.8, 4) is 0 Å². The quantitative estimate of drug-likeness (QED) is 0.705.